The van der Waals surface area contributed by atoms with Crippen LogP contribution in [0.1, 0.15) is 31.9 Å². The maximum atomic E-state index is 12.9. The van der Waals surface area contributed by atoms with Gasteiger partial charge < -0.3 is 9.47 Å². The SMILES string of the molecule is COC(=O)c1nn2c(c1C(=O)OC)C(Cl)C=CC(C(F)(F)F)=C2. The van der Waals surface area contributed by atoms with Gasteiger partial charge in [-0.3, -0.25) is 0 Å². The average Bonchev–Trinajstić information content (AvgIpc) is 2.79. The van der Waals surface area contributed by atoms with Crippen LogP contribution >= 0.6 is 11.6 Å². The predicted molar refractivity (Wildman–Crippen MR) is 73.0 cm³/mol. The number of carbonyl (C=O) groups is 2. The molecule has 0 amide bonds. The number of fused-ring (bicyclic) bond motifs is 1. The zero-order valence-electron chi connectivity index (χ0n) is 11.8. The summed E-state index contributed by atoms with van der Waals surface area (Å²) >= 11 is 6.03. The van der Waals surface area contributed by atoms with E-state index in [9.17, 15) is 22.8 Å². The number of nitrogens with zero attached hydrogens (tertiary/aromatic N) is 2. The summed E-state index contributed by atoms with van der Waals surface area (Å²) in [6, 6.07) is 0. The third kappa shape index (κ3) is 3.09. The highest BCUT2D eigenvalue weighted by Crippen LogP contribution is 2.35. The fourth-order valence-electron chi connectivity index (χ4n) is 1.97. The molecule has 6 nitrogen and oxygen atoms in total. The molecule has 0 radical (unpaired) electrons. The lowest BCUT2D eigenvalue weighted by molar-refractivity contribution is -0.0875. The van der Waals surface area contributed by atoms with E-state index in [1.54, 1.807) is 0 Å². The first-order chi connectivity index (χ1) is 10.7. The Balaban J connectivity index is 2.75. The third-order valence-electron chi connectivity index (χ3n) is 3.01. The van der Waals surface area contributed by atoms with Crippen molar-refractivity contribution in [1.82, 2.24) is 9.78 Å². The monoisotopic (exact) mass is 350 g/mol. The van der Waals surface area contributed by atoms with Gasteiger partial charge in [-0.1, -0.05) is 12.2 Å². The molecule has 0 bridgehead atoms. The van der Waals surface area contributed by atoms with Gasteiger partial charge in [0.05, 0.1) is 30.9 Å². The lowest BCUT2D eigenvalue weighted by atomic mass is 10.1. The Morgan fingerprint density at radius 2 is 1.87 bits per heavy atom. The zero-order valence-corrected chi connectivity index (χ0v) is 12.6. The summed E-state index contributed by atoms with van der Waals surface area (Å²) in [5.74, 6) is -1.96. The molecule has 1 aliphatic rings. The molecule has 0 spiro atoms. The molecule has 1 aromatic rings. The predicted octanol–water partition coefficient (Wildman–Crippen LogP) is 2.71. The number of methoxy groups -OCH3 is 2. The number of alkyl halides is 4. The summed E-state index contributed by atoms with van der Waals surface area (Å²) in [6.07, 6.45) is -2.22. The van der Waals surface area contributed by atoms with Gasteiger partial charge in [0, 0.05) is 6.20 Å². The Hall–Kier alpha value is -2.29. The van der Waals surface area contributed by atoms with Crippen molar-refractivity contribution in [1.29, 1.82) is 0 Å². The molecule has 0 fully saturated rings. The van der Waals surface area contributed by atoms with Gasteiger partial charge in [-0.15, -0.1) is 11.6 Å². The van der Waals surface area contributed by atoms with Gasteiger partial charge in [-0.05, 0) is 0 Å². The molecular formula is C13H10ClF3N2O4. The summed E-state index contributed by atoms with van der Waals surface area (Å²) < 4.78 is 48.5. The molecule has 124 valence electrons. The van der Waals surface area contributed by atoms with E-state index in [1.165, 1.54) is 0 Å². The lowest BCUT2D eigenvalue weighted by Crippen LogP contribution is -2.12. The molecule has 1 unspecified atom stereocenters. The largest absolute Gasteiger partial charge is 0.465 e. The van der Waals surface area contributed by atoms with Gasteiger partial charge in [0.1, 0.15) is 5.56 Å². The lowest BCUT2D eigenvalue weighted by Gasteiger charge is -2.07. The van der Waals surface area contributed by atoms with E-state index in [0.717, 1.165) is 31.1 Å². The molecular weight excluding hydrogens is 341 g/mol. The van der Waals surface area contributed by atoms with E-state index in [1.807, 2.05) is 0 Å². The first-order valence-corrected chi connectivity index (χ1v) is 6.54. The van der Waals surface area contributed by atoms with Gasteiger partial charge in [0.15, 0.2) is 5.69 Å². The highest BCUT2D eigenvalue weighted by molar-refractivity contribution is 6.23. The van der Waals surface area contributed by atoms with Gasteiger partial charge >= 0.3 is 18.1 Å². The molecule has 0 saturated heterocycles. The first-order valence-electron chi connectivity index (χ1n) is 6.11. The van der Waals surface area contributed by atoms with Crippen LogP contribution in [0.15, 0.2) is 17.7 Å². The second kappa shape index (κ2) is 6.07. The Morgan fingerprint density at radius 3 is 2.39 bits per heavy atom. The topological polar surface area (TPSA) is 70.4 Å². The Bertz CT molecular complexity index is 722. The van der Waals surface area contributed by atoms with Crippen molar-refractivity contribution in [2.45, 2.75) is 11.6 Å². The molecule has 2 rings (SSSR count). The molecule has 1 aliphatic heterocycles. The number of carbonyl (C=O) groups excluding carboxylic acids is 2. The van der Waals surface area contributed by atoms with Crippen molar-refractivity contribution in [3.05, 3.63) is 34.7 Å². The normalized spacial score (nSPS) is 17.1. The molecule has 23 heavy (non-hydrogen) atoms. The first kappa shape index (κ1) is 17.1. The molecule has 0 saturated carbocycles. The number of rotatable bonds is 2. The summed E-state index contributed by atoms with van der Waals surface area (Å²) in [7, 11) is 2.10. The standard InChI is InChI=1S/C13H10ClF3N2O4/c1-22-11(20)8-9(12(21)23-2)18-19-5-6(13(15,16)17)3-4-7(14)10(8)19/h3-5,7H,1-2H3. The van der Waals surface area contributed by atoms with Crippen molar-refractivity contribution >= 4 is 29.7 Å². The number of hydrogen-bond donors (Lipinski definition) is 0. The van der Waals surface area contributed by atoms with Crippen LogP contribution in [0.2, 0.25) is 0 Å². The fraction of sp³-hybridized carbons (Fsp3) is 0.308. The highest BCUT2D eigenvalue weighted by atomic mass is 35.5. The van der Waals surface area contributed by atoms with Crippen LogP contribution in [-0.4, -0.2) is 42.1 Å². The van der Waals surface area contributed by atoms with Crippen molar-refractivity contribution in [3.8, 4) is 0 Å². The Morgan fingerprint density at radius 1 is 1.26 bits per heavy atom. The number of ether oxygens (including phenoxy) is 2. The maximum absolute atomic E-state index is 12.9. The van der Waals surface area contributed by atoms with E-state index < -0.39 is 34.8 Å². The van der Waals surface area contributed by atoms with Gasteiger partial charge in [0.2, 0.25) is 0 Å². The number of halogens is 4. The minimum atomic E-state index is -4.66. The molecule has 10 heteroatoms. The maximum Gasteiger partial charge on any atom is 0.417 e. The second-order valence-corrected chi connectivity index (χ2v) is 4.85. The summed E-state index contributed by atoms with van der Waals surface area (Å²) in [5, 5.41) is 2.57. The fourth-order valence-corrected chi connectivity index (χ4v) is 2.26. The average molecular weight is 351 g/mol. The summed E-state index contributed by atoms with van der Waals surface area (Å²) in [6.45, 7) is 0. The number of aromatic nitrogens is 2. The Kier molecular flexibility index (Phi) is 4.51. The molecule has 1 atom stereocenters. The van der Waals surface area contributed by atoms with Crippen molar-refractivity contribution in [2.75, 3.05) is 14.2 Å². The van der Waals surface area contributed by atoms with Crippen LogP contribution in [0.3, 0.4) is 0 Å². The smallest absolute Gasteiger partial charge is 0.417 e. The van der Waals surface area contributed by atoms with Crippen LogP contribution in [0, 0.1) is 0 Å². The summed E-state index contributed by atoms with van der Waals surface area (Å²) in [5.41, 5.74) is -1.98. The zero-order chi connectivity index (χ0) is 17.4. The van der Waals surface area contributed by atoms with Crippen LogP contribution in [0.5, 0.6) is 0 Å². The second-order valence-electron chi connectivity index (χ2n) is 4.38. The van der Waals surface area contributed by atoms with Gasteiger partial charge in [-0.2, -0.15) is 18.3 Å². The van der Waals surface area contributed by atoms with Crippen LogP contribution in [0.25, 0.3) is 6.20 Å². The third-order valence-corrected chi connectivity index (χ3v) is 3.36. The van der Waals surface area contributed by atoms with Crippen molar-refractivity contribution in [3.63, 3.8) is 0 Å². The summed E-state index contributed by atoms with van der Waals surface area (Å²) in [4.78, 5) is 23.6. The Labute approximate surface area is 133 Å². The highest BCUT2D eigenvalue weighted by Gasteiger charge is 2.37. The molecule has 0 N–H and O–H groups in total. The molecule has 1 aromatic heterocycles. The van der Waals surface area contributed by atoms with E-state index >= 15 is 0 Å². The van der Waals surface area contributed by atoms with Crippen LogP contribution in [-0.2, 0) is 9.47 Å². The molecule has 0 aliphatic carbocycles. The van der Waals surface area contributed by atoms with Crippen molar-refractivity contribution < 1.29 is 32.2 Å². The van der Waals surface area contributed by atoms with E-state index in [2.05, 4.69) is 14.6 Å². The van der Waals surface area contributed by atoms with Crippen LogP contribution in [0.4, 0.5) is 13.2 Å². The number of esters is 2. The van der Waals surface area contributed by atoms with E-state index in [0.29, 0.717) is 6.20 Å². The minimum absolute atomic E-state index is 0.116. The van der Waals surface area contributed by atoms with Crippen molar-refractivity contribution in [2.24, 2.45) is 0 Å². The number of allylic oxidation sites excluding steroid dienone is 3. The van der Waals surface area contributed by atoms with Gasteiger partial charge in [-0.25, -0.2) is 14.3 Å². The van der Waals surface area contributed by atoms with E-state index in [-0.39, 0.29) is 11.3 Å². The van der Waals surface area contributed by atoms with Crippen LogP contribution < -0.4 is 0 Å². The molecule has 2 heterocycles. The van der Waals surface area contributed by atoms with E-state index in [4.69, 9.17) is 11.6 Å². The number of hydrogen-bond acceptors (Lipinski definition) is 5. The minimum Gasteiger partial charge on any atom is -0.465 e. The molecule has 0 aromatic carbocycles. The van der Waals surface area contributed by atoms with Gasteiger partial charge in [0.25, 0.3) is 0 Å². The quantitative estimate of drug-likeness (QED) is 0.606.